The van der Waals surface area contributed by atoms with Crippen molar-refractivity contribution in [3.8, 4) is 0 Å². The molecule has 0 bridgehead atoms. The Morgan fingerprint density at radius 3 is 2.89 bits per heavy atom. The van der Waals surface area contributed by atoms with Crippen LogP contribution in [0.5, 0.6) is 0 Å². The Morgan fingerprint density at radius 2 is 2.11 bits per heavy atom. The monoisotopic (exact) mass is 386 g/mol. The number of carbonyl (C=O) groups excluding carboxylic acids is 1. The molecule has 0 radical (unpaired) electrons. The van der Waals surface area contributed by atoms with Gasteiger partial charge in [-0.3, -0.25) is 4.79 Å². The second-order valence-corrected chi connectivity index (χ2v) is 10.9. The lowest BCUT2D eigenvalue weighted by Crippen LogP contribution is -2.50. The number of nitrogens with two attached hydrogens (primary N) is 1. The molecule has 2 fully saturated rings. The van der Waals surface area contributed by atoms with Crippen molar-refractivity contribution in [1.82, 2.24) is 4.98 Å². The van der Waals surface area contributed by atoms with E-state index in [1.807, 2.05) is 0 Å². The molecule has 146 valence electrons. The molecule has 1 amide bonds. The van der Waals surface area contributed by atoms with E-state index in [-0.39, 0.29) is 29.3 Å². The number of hydrogen-bond acceptors (Lipinski definition) is 4. The lowest BCUT2D eigenvalue weighted by atomic mass is 9.48. The minimum absolute atomic E-state index is 0.113. The summed E-state index contributed by atoms with van der Waals surface area (Å²) in [6, 6.07) is 0. The molecule has 5 rings (SSSR count). The average molecular weight is 387 g/mol. The van der Waals surface area contributed by atoms with Gasteiger partial charge in [0.25, 0.3) is 0 Å². The summed E-state index contributed by atoms with van der Waals surface area (Å²) >= 11 is 1.69. The minimum Gasteiger partial charge on any atom is -0.393 e. The van der Waals surface area contributed by atoms with E-state index in [0.717, 1.165) is 37.1 Å². The van der Waals surface area contributed by atoms with Crippen molar-refractivity contribution >= 4 is 22.8 Å². The van der Waals surface area contributed by atoms with Gasteiger partial charge in [-0.15, -0.1) is 11.3 Å². The Morgan fingerprint density at radius 1 is 1.30 bits per heavy atom. The molecule has 0 spiro atoms. The number of allylic oxidation sites excluding steroid dienone is 2. The Kier molecular flexibility index (Phi) is 3.90. The Balaban J connectivity index is 1.52. The summed E-state index contributed by atoms with van der Waals surface area (Å²) in [5, 5.41) is 11.5. The van der Waals surface area contributed by atoms with Crippen LogP contribution in [0.2, 0.25) is 0 Å². The summed E-state index contributed by atoms with van der Waals surface area (Å²) in [5.41, 5.74) is 8.39. The van der Waals surface area contributed by atoms with Crippen molar-refractivity contribution in [2.45, 2.75) is 71.3 Å². The molecule has 2 saturated carbocycles. The molecule has 0 unspecified atom stereocenters. The Labute approximate surface area is 165 Å². The van der Waals surface area contributed by atoms with Crippen molar-refractivity contribution in [1.29, 1.82) is 0 Å². The van der Waals surface area contributed by atoms with Gasteiger partial charge in [0.05, 0.1) is 23.1 Å². The molecule has 5 heteroatoms. The number of fused-ring (bicyclic) bond motifs is 7. The molecule has 0 aliphatic heterocycles. The first-order valence-corrected chi connectivity index (χ1v) is 11.3. The van der Waals surface area contributed by atoms with Gasteiger partial charge in [-0.25, -0.2) is 4.98 Å². The number of rotatable bonds is 2. The third-order valence-corrected chi connectivity index (χ3v) is 9.74. The van der Waals surface area contributed by atoms with Gasteiger partial charge in [-0.2, -0.15) is 0 Å². The zero-order chi connectivity index (χ0) is 19.0. The first-order valence-electron chi connectivity index (χ1n) is 10.5. The second kappa shape index (κ2) is 5.90. The molecule has 3 N–H and O–H groups in total. The van der Waals surface area contributed by atoms with E-state index in [4.69, 9.17) is 10.7 Å². The molecule has 1 aromatic rings. The summed E-state index contributed by atoms with van der Waals surface area (Å²) in [6.07, 6.45) is 10.5. The van der Waals surface area contributed by atoms with Crippen LogP contribution >= 0.6 is 11.3 Å². The van der Waals surface area contributed by atoms with Gasteiger partial charge in [-0.1, -0.05) is 19.9 Å². The maximum atomic E-state index is 11.3. The number of amides is 1. The molecule has 0 saturated heterocycles. The van der Waals surface area contributed by atoms with Gasteiger partial charge in [0.15, 0.2) is 0 Å². The van der Waals surface area contributed by atoms with E-state index in [9.17, 15) is 9.90 Å². The third-order valence-electron chi connectivity index (χ3n) is 8.61. The second-order valence-electron chi connectivity index (χ2n) is 9.81. The average Bonchev–Trinajstić information content (AvgIpc) is 3.14. The predicted octanol–water partition coefficient (Wildman–Crippen LogP) is 3.71. The van der Waals surface area contributed by atoms with Crippen LogP contribution in [0.25, 0.3) is 5.57 Å². The number of aliphatic hydroxyl groups is 1. The number of aromatic nitrogens is 1. The maximum absolute atomic E-state index is 11.3. The van der Waals surface area contributed by atoms with Crippen molar-refractivity contribution in [3.63, 3.8) is 0 Å². The summed E-state index contributed by atoms with van der Waals surface area (Å²) in [5.74, 6) is 1.77. The van der Waals surface area contributed by atoms with E-state index in [1.165, 1.54) is 29.0 Å². The number of carbonyl (C=O) groups is 1. The quantitative estimate of drug-likeness (QED) is 0.813. The number of aryl methyl sites for hydroxylation is 1. The minimum atomic E-state index is -0.298. The van der Waals surface area contributed by atoms with Gasteiger partial charge in [-0.05, 0) is 79.1 Å². The highest BCUT2D eigenvalue weighted by Gasteiger charge is 2.58. The highest BCUT2D eigenvalue weighted by atomic mass is 32.1. The van der Waals surface area contributed by atoms with E-state index < -0.39 is 0 Å². The van der Waals surface area contributed by atoms with Crippen LogP contribution in [-0.4, -0.2) is 22.1 Å². The predicted molar refractivity (Wildman–Crippen MR) is 107 cm³/mol. The van der Waals surface area contributed by atoms with Gasteiger partial charge < -0.3 is 10.8 Å². The zero-order valence-corrected chi connectivity index (χ0v) is 17.1. The summed E-state index contributed by atoms with van der Waals surface area (Å²) < 4.78 is 0. The first kappa shape index (κ1) is 17.9. The molecular weight excluding hydrogens is 356 g/mol. The summed E-state index contributed by atoms with van der Waals surface area (Å²) in [6.45, 7) is 4.81. The molecule has 1 heterocycles. The van der Waals surface area contributed by atoms with Gasteiger partial charge in [0.2, 0.25) is 5.91 Å². The van der Waals surface area contributed by atoms with E-state index in [0.29, 0.717) is 17.8 Å². The normalized spacial score (nSPS) is 42.6. The van der Waals surface area contributed by atoms with Crippen molar-refractivity contribution < 1.29 is 9.90 Å². The molecule has 6 atom stereocenters. The highest BCUT2D eigenvalue weighted by Crippen LogP contribution is 2.66. The fraction of sp³-hybridized carbons (Fsp3) is 0.727. The Bertz CT molecular complexity index is 830. The summed E-state index contributed by atoms with van der Waals surface area (Å²) in [4.78, 5) is 17.4. The van der Waals surface area contributed by atoms with Gasteiger partial charge >= 0.3 is 0 Å². The van der Waals surface area contributed by atoms with Crippen LogP contribution in [0.3, 0.4) is 0 Å². The Hall–Kier alpha value is -1.20. The number of nitrogens with zero attached hydrogens (tertiary/aromatic N) is 1. The number of aliphatic hydroxyl groups excluding tert-OH is 1. The lowest BCUT2D eigenvalue weighted by Gasteiger charge is -2.56. The fourth-order valence-electron chi connectivity index (χ4n) is 7.12. The van der Waals surface area contributed by atoms with Gasteiger partial charge in [0.1, 0.15) is 5.01 Å². The van der Waals surface area contributed by atoms with Gasteiger partial charge in [0, 0.05) is 0 Å². The highest BCUT2D eigenvalue weighted by molar-refractivity contribution is 7.13. The van der Waals surface area contributed by atoms with Crippen molar-refractivity contribution in [3.05, 3.63) is 21.7 Å². The SMILES string of the molecule is C[C@]12CC[C@H]3[C@@H](CC=C4c5sc(CC(N)=O)nc5CC[C@@]43C)[C@@H]1CC[C@@H]2O. The molecule has 27 heavy (non-hydrogen) atoms. The topological polar surface area (TPSA) is 76.2 Å². The molecular formula is C22H30N2O2S. The number of hydrogen-bond donors (Lipinski definition) is 2. The largest absolute Gasteiger partial charge is 0.393 e. The number of primary amides is 1. The van der Waals surface area contributed by atoms with Crippen molar-refractivity contribution in [2.24, 2.45) is 34.3 Å². The smallest absolute Gasteiger partial charge is 0.224 e. The van der Waals surface area contributed by atoms with Crippen molar-refractivity contribution in [2.75, 3.05) is 0 Å². The van der Waals surface area contributed by atoms with E-state index in [2.05, 4.69) is 19.9 Å². The van der Waals surface area contributed by atoms with Crippen LogP contribution in [0.15, 0.2) is 6.08 Å². The number of thiazole rings is 1. The van der Waals surface area contributed by atoms with E-state index >= 15 is 0 Å². The van der Waals surface area contributed by atoms with Crippen LogP contribution in [0, 0.1) is 28.6 Å². The van der Waals surface area contributed by atoms with Crippen LogP contribution < -0.4 is 5.73 Å². The molecule has 4 aliphatic carbocycles. The first-order chi connectivity index (χ1) is 12.8. The standard InChI is InChI=1S/C22H30N2O2S/c1-21-10-8-16-20(27-19(24-16)11-18(23)26)15(21)4-3-12-13-5-6-17(25)22(13,2)9-7-14(12)21/h4,12-14,17,25H,3,5-11H2,1-2H3,(H2,23,26)/t12-,13-,14-,17-,21+,22-/m0/s1. The van der Waals surface area contributed by atoms with Crippen LogP contribution in [-0.2, 0) is 17.6 Å². The van der Waals surface area contributed by atoms with Crippen LogP contribution in [0.1, 0.15) is 68.0 Å². The molecule has 1 aromatic heterocycles. The maximum Gasteiger partial charge on any atom is 0.224 e. The zero-order valence-electron chi connectivity index (χ0n) is 16.3. The third kappa shape index (κ3) is 2.43. The van der Waals surface area contributed by atoms with Crippen LogP contribution in [0.4, 0.5) is 0 Å². The molecule has 4 aliphatic rings. The lowest BCUT2D eigenvalue weighted by molar-refractivity contribution is -0.117. The summed E-state index contributed by atoms with van der Waals surface area (Å²) in [7, 11) is 0. The van der Waals surface area contributed by atoms with E-state index in [1.54, 1.807) is 11.3 Å². The molecule has 0 aromatic carbocycles. The molecule has 4 nitrogen and oxygen atoms in total. The fourth-order valence-corrected chi connectivity index (χ4v) is 8.42.